The van der Waals surface area contributed by atoms with Crippen LogP contribution in [0.25, 0.3) is 5.69 Å². The number of nitrogens with one attached hydrogen (secondary N) is 1. The number of hydrogen-bond acceptors (Lipinski definition) is 5. The van der Waals surface area contributed by atoms with Crippen LogP contribution in [0, 0.1) is 0 Å². The lowest BCUT2D eigenvalue weighted by Crippen LogP contribution is -2.23. The van der Waals surface area contributed by atoms with Crippen LogP contribution in [0.3, 0.4) is 0 Å². The lowest BCUT2D eigenvalue weighted by molar-refractivity contribution is 0.0941. The van der Waals surface area contributed by atoms with E-state index in [9.17, 15) is 4.79 Å². The summed E-state index contributed by atoms with van der Waals surface area (Å²) in [5.74, 6) is 0.307. The molecule has 2 aromatic heterocycles. The van der Waals surface area contributed by atoms with Gasteiger partial charge in [-0.15, -0.1) is 0 Å². The van der Waals surface area contributed by atoms with Gasteiger partial charge in [0.15, 0.2) is 11.5 Å². The summed E-state index contributed by atoms with van der Waals surface area (Å²) in [5, 5.41) is 10.5. The van der Waals surface area contributed by atoms with E-state index in [1.54, 1.807) is 35.1 Å². The Morgan fingerprint density at radius 1 is 1.24 bits per heavy atom. The molecule has 0 spiro atoms. The second kappa shape index (κ2) is 5.49. The van der Waals surface area contributed by atoms with E-state index in [4.69, 9.17) is 10.3 Å². The highest BCUT2D eigenvalue weighted by Gasteiger charge is 2.10. The van der Waals surface area contributed by atoms with Crippen LogP contribution in [0.1, 0.15) is 16.2 Å². The average molecular weight is 283 g/mol. The van der Waals surface area contributed by atoms with Gasteiger partial charge in [0.25, 0.3) is 5.91 Å². The first-order chi connectivity index (χ1) is 10.2. The Labute approximate surface area is 120 Å². The molecular formula is C14H13N5O2. The number of anilines is 1. The van der Waals surface area contributed by atoms with Crippen LogP contribution in [-0.4, -0.2) is 20.8 Å². The molecule has 1 aromatic carbocycles. The fraction of sp³-hybridized carbons (Fsp3) is 0.0714. The largest absolute Gasteiger partial charge is 0.399 e. The van der Waals surface area contributed by atoms with E-state index >= 15 is 0 Å². The van der Waals surface area contributed by atoms with Crippen molar-refractivity contribution in [2.45, 2.75) is 6.54 Å². The van der Waals surface area contributed by atoms with Gasteiger partial charge in [0.2, 0.25) is 0 Å². The maximum Gasteiger partial charge on any atom is 0.272 e. The molecule has 0 radical (unpaired) electrons. The van der Waals surface area contributed by atoms with Crippen molar-refractivity contribution in [1.29, 1.82) is 0 Å². The normalized spacial score (nSPS) is 10.5. The van der Waals surface area contributed by atoms with Gasteiger partial charge >= 0.3 is 0 Å². The molecule has 0 unspecified atom stereocenters. The number of hydrogen-bond donors (Lipinski definition) is 2. The molecule has 0 saturated heterocycles. The number of benzene rings is 1. The highest BCUT2D eigenvalue weighted by Crippen LogP contribution is 2.10. The SMILES string of the molecule is Nc1ccc(-n2ccc(C(=O)NCc3ccno3)n2)cc1. The first-order valence-electron chi connectivity index (χ1n) is 6.32. The van der Waals surface area contributed by atoms with E-state index in [0.717, 1.165) is 5.69 Å². The Morgan fingerprint density at radius 2 is 2.05 bits per heavy atom. The van der Waals surface area contributed by atoms with E-state index in [0.29, 0.717) is 17.1 Å². The number of aromatic nitrogens is 3. The molecule has 3 aromatic rings. The molecule has 0 aliphatic carbocycles. The van der Waals surface area contributed by atoms with Crippen LogP contribution in [0.5, 0.6) is 0 Å². The summed E-state index contributed by atoms with van der Waals surface area (Å²) in [6.45, 7) is 0.271. The zero-order valence-electron chi connectivity index (χ0n) is 11.1. The molecule has 3 N–H and O–H groups in total. The summed E-state index contributed by atoms with van der Waals surface area (Å²) in [6, 6.07) is 10.6. The lowest BCUT2D eigenvalue weighted by atomic mass is 10.3. The van der Waals surface area contributed by atoms with Gasteiger partial charge in [-0.3, -0.25) is 4.79 Å². The van der Waals surface area contributed by atoms with Crippen LogP contribution in [0.2, 0.25) is 0 Å². The fourth-order valence-electron chi connectivity index (χ4n) is 1.81. The van der Waals surface area contributed by atoms with Gasteiger partial charge in [-0.2, -0.15) is 5.10 Å². The standard InChI is InChI=1S/C14H13N5O2/c15-10-1-3-11(4-2-10)19-8-6-13(18-19)14(20)16-9-12-5-7-17-21-12/h1-8H,9,15H2,(H,16,20). The molecule has 3 rings (SSSR count). The molecule has 0 atom stereocenters. The van der Waals surface area contributed by atoms with Crippen LogP contribution in [-0.2, 0) is 6.54 Å². The minimum atomic E-state index is -0.277. The fourth-order valence-corrected chi connectivity index (χ4v) is 1.81. The van der Waals surface area contributed by atoms with Crippen molar-refractivity contribution in [3.63, 3.8) is 0 Å². The van der Waals surface area contributed by atoms with Crippen molar-refractivity contribution in [3.05, 3.63) is 60.2 Å². The molecule has 1 amide bonds. The second-order valence-electron chi connectivity index (χ2n) is 4.40. The predicted molar refractivity (Wildman–Crippen MR) is 75.6 cm³/mol. The molecule has 0 bridgehead atoms. The maximum atomic E-state index is 12.0. The van der Waals surface area contributed by atoms with Crippen LogP contribution < -0.4 is 11.1 Å². The number of rotatable bonds is 4. The predicted octanol–water partition coefficient (Wildman–Crippen LogP) is 1.37. The average Bonchev–Trinajstić information content (AvgIpc) is 3.17. The number of amides is 1. The van der Waals surface area contributed by atoms with E-state index in [1.807, 2.05) is 12.1 Å². The number of carbonyl (C=O) groups is 1. The van der Waals surface area contributed by atoms with Gasteiger partial charge < -0.3 is 15.6 Å². The van der Waals surface area contributed by atoms with E-state index in [2.05, 4.69) is 15.6 Å². The molecule has 2 heterocycles. The second-order valence-corrected chi connectivity index (χ2v) is 4.40. The molecule has 7 nitrogen and oxygen atoms in total. The molecule has 0 saturated carbocycles. The molecule has 7 heteroatoms. The summed E-state index contributed by atoms with van der Waals surface area (Å²) in [4.78, 5) is 12.0. The third-order valence-electron chi connectivity index (χ3n) is 2.89. The third kappa shape index (κ3) is 2.92. The topological polar surface area (TPSA) is 99.0 Å². The van der Waals surface area contributed by atoms with Gasteiger partial charge in [0.05, 0.1) is 18.4 Å². The van der Waals surface area contributed by atoms with Gasteiger partial charge in [-0.05, 0) is 30.3 Å². The lowest BCUT2D eigenvalue weighted by Gasteiger charge is -2.02. The van der Waals surface area contributed by atoms with Crippen molar-refractivity contribution in [3.8, 4) is 5.69 Å². The smallest absolute Gasteiger partial charge is 0.272 e. The minimum absolute atomic E-state index is 0.271. The summed E-state index contributed by atoms with van der Waals surface area (Å²) < 4.78 is 6.52. The number of carbonyl (C=O) groups excluding carboxylic acids is 1. The molecule has 0 aliphatic rings. The van der Waals surface area contributed by atoms with E-state index < -0.39 is 0 Å². The Hall–Kier alpha value is -3.09. The Kier molecular flexibility index (Phi) is 3.38. The summed E-state index contributed by atoms with van der Waals surface area (Å²) in [6.07, 6.45) is 3.24. The molecule has 0 fully saturated rings. The van der Waals surface area contributed by atoms with Gasteiger partial charge in [-0.25, -0.2) is 4.68 Å². The summed E-state index contributed by atoms with van der Waals surface area (Å²) in [5.41, 5.74) is 7.47. The molecule has 106 valence electrons. The first kappa shape index (κ1) is 12.9. The van der Waals surface area contributed by atoms with Gasteiger partial charge in [0.1, 0.15) is 0 Å². The molecule has 0 aliphatic heterocycles. The summed E-state index contributed by atoms with van der Waals surface area (Å²) >= 11 is 0. The number of nitrogen functional groups attached to an aromatic ring is 1. The van der Waals surface area contributed by atoms with Gasteiger partial charge in [0, 0.05) is 18.0 Å². The van der Waals surface area contributed by atoms with E-state index in [1.165, 1.54) is 6.20 Å². The van der Waals surface area contributed by atoms with E-state index in [-0.39, 0.29) is 12.5 Å². The highest BCUT2D eigenvalue weighted by molar-refractivity contribution is 5.92. The molecular weight excluding hydrogens is 270 g/mol. The quantitative estimate of drug-likeness (QED) is 0.704. The Bertz CT molecular complexity index is 731. The van der Waals surface area contributed by atoms with Crippen molar-refractivity contribution < 1.29 is 9.32 Å². The van der Waals surface area contributed by atoms with Crippen molar-refractivity contribution in [2.24, 2.45) is 0 Å². The summed E-state index contributed by atoms with van der Waals surface area (Å²) in [7, 11) is 0. The highest BCUT2D eigenvalue weighted by atomic mass is 16.5. The Morgan fingerprint density at radius 3 is 2.76 bits per heavy atom. The van der Waals surface area contributed by atoms with Gasteiger partial charge in [-0.1, -0.05) is 5.16 Å². The monoisotopic (exact) mass is 283 g/mol. The molecule has 21 heavy (non-hydrogen) atoms. The Balaban J connectivity index is 1.69. The zero-order valence-corrected chi connectivity index (χ0v) is 11.1. The van der Waals surface area contributed by atoms with Crippen LogP contribution >= 0.6 is 0 Å². The first-order valence-corrected chi connectivity index (χ1v) is 6.32. The maximum absolute atomic E-state index is 12.0. The number of nitrogens with two attached hydrogens (primary N) is 1. The van der Waals surface area contributed by atoms with Crippen LogP contribution in [0.4, 0.5) is 5.69 Å². The number of nitrogens with zero attached hydrogens (tertiary/aromatic N) is 3. The minimum Gasteiger partial charge on any atom is -0.399 e. The van der Waals surface area contributed by atoms with Crippen molar-refractivity contribution in [2.75, 3.05) is 5.73 Å². The van der Waals surface area contributed by atoms with Crippen molar-refractivity contribution in [1.82, 2.24) is 20.3 Å². The van der Waals surface area contributed by atoms with Crippen molar-refractivity contribution >= 4 is 11.6 Å². The third-order valence-corrected chi connectivity index (χ3v) is 2.89. The van der Waals surface area contributed by atoms with Crippen LogP contribution in [0.15, 0.2) is 53.3 Å². The zero-order chi connectivity index (χ0) is 14.7.